The largest absolute Gasteiger partial charge is 0.437 e. The number of H-pyrrole nitrogens is 1. The summed E-state index contributed by atoms with van der Waals surface area (Å²) < 4.78 is 5.15. The maximum atomic E-state index is 10.9. The van der Waals surface area contributed by atoms with Gasteiger partial charge in [0.05, 0.1) is 5.69 Å². The van der Waals surface area contributed by atoms with E-state index >= 15 is 0 Å². The summed E-state index contributed by atoms with van der Waals surface area (Å²) in [6.07, 6.45) is 0.697. The minimum absolute atomic E-state index is 0.128. The molecule has 13 heavy (non-hydrogen) atoms. The Labute approximate surface area is 73.5 Å². The van der Waals surface area contributed by atoms with Crippen molar-refractivity contribution in [3.63, 3.8) is 0 Å². The minimum Gasteiger partial charge on any atom is -0.437 e. The standard InChI is InChI=1S/C9H7NO3/c1-5(12)8-3-6-2-7(4-11)10-9(6)13-8/h2-4,10H,1H3. The first kappa shape index (κ1) is 7.79. The summed E-state index contributed by atoms with van der Waals surface area (Å²) in [7, 11) is 0. The highest BCUT2D eigenvalue weighted by molar-refractivity contribution is 5.96. The third-order valence-electron chi connectivity index (χ3n) is 1.80. The molecule has 4 heteroatoms. The van der Waals surface area contributed by atoms with Gasteiger partial charge in [-0.15, -0.1) is 0 Å². The maximum absolute atomic E-state index is 10.9. The van der Waals surface area contributed by atoms with Crippen LogP contribution in [-0.4, -0.2) is 17.1 Å². The van der Waals surface area contributed by atoms with Crippen molar-refractivity contribution in [2.24, 2.45) is 0 Å². The highest BCUT2D eigenvalue weighted by Gasteiger charge is 2.09. The molecule has 0 spiro atoms. The van der Waals surface area contributed by atoms with Gasteiger partial charge in [0.25, 0.3) is 0 Å². The zero-order valence-electron chi connectivity index (χ0n) is 6.96. The van der Waals surface area contributed by atoms with Crippen LogP contribution in [0.2, 0.25) is 0 Å². The van der Waals surface area contributed by atoms with Gasteiger partial charge < -0.3 is 9.40 Å². The van der Waals surface area contributed by atoms with E-state index in [1.165, 1.54) is 6.92 Å². The molecule has 0 atom stereocenters. The SMILES string of the molecule is CC(=O)c1cc2cc(C=O)[nH]c2o1. The van der Waals surface area contributed by atoms with Gasteiger partial charge in [-0.2, -0.15) is 0 Å². The summed E-state index contributed by atoms with van der Waals surface area (Å²) >= 11 is 0. The Morgan fingerprint density at radius 1 is 1.54 bits per heavy atom. The quantitative estimate of drug-likeness (QED) is 0.561. The van der Waals surface area contributed by atoms with Crippen molar-refractivity contribution < 1.29 is 14.0 Å². The summed E-state index contributed by atoms with van der Waals surface area (Å²) in [5.74, 6) is 0.177. The summed E-state index contributed by atoms with van der Waals surface area (Å²) in [5.41, 5.74) is 0.913. The lowest BCUT2D eigenvalue weighted by atomic mass is 10.3. The second kappa shape index (κ2) is 2.58. The zero-order chi connectivity index (χ0) is 9.42. The molecule has 0 aliphatic rings. The topological polar surface area (TPSA) is 63.1 Å². The number of ketones is 1. The monoisotopic (exact) mass is 177 g/mol. The molecule has 1 N–H and O–H groups in total. The molecule has 0 radical (unpaired) electrons. The lowest BCUT2D eigenvalue weighted by Crippen LogP contribution is -1.86. The highest BCUT2D eigenvalue weighted by Crippen LogP contribution is 2.19. The normalized spacial score (nSPS) is 10.5. The number of rotatable bonds is 2. The fourth-order valence-corrected chi connectivity index (χ4v) is 1.18. The number of carbonyl (C=O) groups is 2. The van der Waals surface area contributed by atoms with E-state index in [-0.39, 0.29) is 5.78 Å². The molecule has 0 aromatic carbocycles. The molecule has 0 saturated heterocycles. The first-order valence-electron chi connectivity index (χ1n) is 3.79. The van der Waals surface area contributed by atoms with Gasteiger partial charge in [0.15, 0.2) is 17.8 Å². The van der Waals surface area contributed by atoms with E-state index in [2.05, 4.69) is 4.98 Å². The Kier molecular flexibility index (Phi) is 1.55. The van der Waals surface area contributed by atoms with Crippen LogP contribution < -0.4 is 0 Å². The molecule has 2 aromatic heterocycles. The fraction of sp³-hybridized carbons (Fsp3) is 0.111. The lowest BCUT2D eigenvalue weighted by molar-refractivity contribution is 0.0989. The molecule has 4 nitrogen and oxygen atoms in total. The van der Waals surface area contributed by atoms with Gasteiger partial charge in [0.2, 0.25) is 5.71 Å². The number of carbonyl (C=O) groups excluding carboxylic acids is 2. The van der Waals surface area contributed by atoms with E-state index in [1.54, 1.807) is 12.1 Å². The van der Waals surface area contributed by atoms with Crippen LogP contribution in [0.15, 0.2) is 16.5 Å². The number of hydrogen-bond donors (Lipinski definition) is 1. The maximum Gasteiger partial charge on any atom is 0.205 e. The Balaban J connectivity index is 2.60. The molecule has 0 aliphatic heterocycles. The van der Waals surface area contributed by atoms with Crippen LogP contribution in [0.4, 0.5) is 0 Å². The van der Waals surface area contributed by atoms with E-state index in [9.17, 15) is 9.59 Å². The molecule has 0 saturated carbocycles. The number of furan rings is 1. The van der Waals surface area contributed by atoms with E-state index in [1.807, 2.05) is 0 Å². The number of nitrogens with one attached hydrogen (secondary N) is 1. The van der Waals surface area contributed by atoms with Crippen LogP contribution in [0.1, 0.15) is 28.0 Å². The van der Waals surface area contributed by atoms with Crippen molar-refractivity contribution in [2.75, 3.05) is 0 Å². The van der Waals surface area contributed by atoms with Gasteiger partial charge in [0, 0.05) is 12.3 Å². The van der Waals surface area contributed by atoms with E-state index in [0.717, 1.165) is 5.39 Å². The van der Waals surface area contributed by atoms with Crippen LogP contribution in [0.3, 0.4) is 0 Å². The Hall–Kier alpha value is -1.84. The van der Waals surface area contributed by atoms with Gasteiger partial charge in [-0.3, -0.25) is 9.59 Å². The van der Waals surface area contributed by atoms with Crippen molar-refractivity contribution in [3.8, 4) is 0 Å². The summed E-state index contributed by atoms with van der Waals surface area (Å²) in [5, 5.41) is 0.743. The van der Waals surface area contributed by atoms with Crippen LogP contribution in [0.25, 0.3) is 11.1 Å². The fourth-order valence-electron chi connectivity index (χ4n) is 1.18. The van der Waals surface area contributed by atoms with Crippen molar-refractivity contribution >= 4 is 23.2 Å². The van der Waals surface area contributed by atoms with E-state index in [0.29, 0.717) is 23.5 Å². The van der Waals surface area contributed by atoms with Crippen molar-refractivity contribution in [1.82, 2.24) is 4.98 Å². The van der Waals surface area contributed by atoms with Crippen molar-refractivity contribution in [3.05, 3.63) is 23.6 Å². The molecule has 0 unspecified atom stereocenters. The third-order valence-corrected chi connectivity index (χ3v) is 1.80. The number of aromatic amines is 1. The van der Waals surface area contributed by atoms with Gasteiger partial charge in [-0.1, -0.05) is 0 Å². The molecular weight excluding hydrogens is 170 g/mol. The number of hydrogen-bond acceptors (Lipinski definition) is 3. The molecule has 2 rings (SSSR count). The highest BCUT2D eigenvalue weighted by atomic mass is 16.4. The lowest BCUT2D eigenvalue weighted by Gasteiger charge is -1.83. The molecule has 0 fully saturated rings. The predicted octanol–water partition coefficient (Wildman–Crippen LogP) is 1.78. The average Bonchev–Trinajstić information content (AvgIpc) is 2.58. The second-order valence-electron chi connectivity index (χ2n) is 2.79. The van der Waals surface area contributed by atoms with Crippen LogP contribution in [0, 0.1) is 0 Å². The Bertz CT molecular complexity index is 446. The predicted molar refractivity (Wildman–Crippen MR) is 46.0 cm³/mol. The first-order chi connectivity index (χ1) is 6.20. The van der Waals surface area contributed by atoms with Gasteiger partial charge >= 0.3 is 0 Å². The van der Waals surface area contributed by atoms with Crippen molar-refractivity contribution in [2.45, 2.75) is 6.92 Å². The van der Waals surface area contributed by atoms with Gasteiger partial charge in [-0.05, 0) is 12.1 Å². The number of fused-ring (bicyclic) bond motifs is 1. The molecule has 0 aliphatic carbocycles. The molecule has 2 heterocycles. The van der Waals surface area contributed by atoms with Crippen molar-refractivity contribution in [1.29, 1.82) is 0 Å². The molecule has 66 valence electrons. The summed E-state index contributed by atoms with van der Waals surface area (Å²) in [6, 6.07) is 3.25. The van der Waals surface area contributed by atoms with Crippen LogP contribution in [0.5, 0.6) is 0 Å². The smallest absolute Gasteiger partial charge is 0.205 e. The van der Waals surface area contributed by atoms with Gasteiger partial charge in [-0.25, -0.2) is 0 Å². The van der Waals surface area contributed by atoms with E-state index < -0.39 is 0 Å². The number of aromatic nitrogens is 1. The average molecular weight is 177 g/mol. The Morgan fingerprint density at radius 2 is 2.31 bits per heavy atom. The molecule has 0 bridgehead atoms. The zero-order valence-corrected chi connectivity index (χ0v) is 6.96. The number of aldehydes is 1. The summed E-state index contributed by atoms with van der Waals surface area (Å²) in [6.45, 7) is 1.43. The van der Waals surface area contributed by atoms with Crippen LogP contribution in [-0.2, 0) is 0 Å². The summed E-state index contributed by atoms with van der Waals surface area (Å²) in [4.78, 5) is 24.0. The molecular formula is C9H7NO3. The second-order valence-corrected chi connectivity index (χ2v) is 2.79. The Morgan fingerprint density at radius 3 is 2.85 bits per heavy atom. The molecule has 0 amide bonds. The molecule has 2 aromatic rings. The van der Waals surface area contributed by atoms with E-state index in [4.69, 9.17) is 4.42 Å². The third kappa shape index (κ3) is 1.16. The van der Waals surface area contributed by atoms with Gasteiger partial charge in [0.1, 0.15) is 0 Å². The van der Waals surface area contributed by atoms with Crippen LogP contribution >= 0.6 is 0 Å². The minimum atomic E-state index is -0.128. The first-order valence-corrected chi connectivity index (χ1v) is 3.79. The number of Topliss-reactive ketones (excluding diaryl/α,β-unsaturated/α-hetero) is 1.